The number of nitrogens with one attached hydrogen (secondary N) is 1. The van der Waals surface area contributed by atoms with E-state index in [2.05, 4.69) is 5.32 Å². The van der Waals surface area contributed by atoms with Gasteiger partial charge in [-0.3, -0.25) is 14.4 Å². The molecule has 1 saturated carbocycles. The summed E-state index contributed by atoms with van der Waals surface area (Å²) in [6, 6.07) is 0. The monoisotopic (exact) mass is 296 g/mol. The molecule has 2 fully saturated rings. The SMILES string of the molecule is CC1CC1C(=O)NCCC(=O)N1CCCC(C)(C(=O)O)C1. The van der Waals surface area contributed by atoms with E-state index in [-0.39, 0.29) is 30.7 Å². The molecule has 2 amide bonds. The van der Waals surface area contributed by atoms with Gasteiger partial charge >= 0.3 is 5.97 Å². The van der Waals surface area contributed by atoms with E-state index in [9.17, 15) is 19.5 Å². The quantitative estimate of drug-likeness (QED) is 0.788. The second kappa shape index (κ2) is 6.03. The minimum absolute atomic E-state index is 0.0318. The molecule has 1 heterocycles. The summed E-state index contributed by atoms with van der Waals surface area (Å²) in [7, 11) is 0. The Morgan fingerprint density at radius 2 is 2.05 bits per heavy atom. The highest BCUT2D eigenvalue weighted by atomic mass is 16.4. The predicted octanol–water partition coefficient (Wildman–Crippen LogP) is 0.862. The second-order valence-corrected chi connectivity index (χ2v) is 6.65. The molecule has 3 unspecified atom stereocenters. The van der Waals surface area contributed by atoms with Gasteiger partial charge in [-0.25, -0.2) is 0 Å². The number of carbonyl (C=O) groups is 3. The van der Waals surface area contributed by atoms with E-state index < -0.39 is 11.4 Å². The van der Waals surface area contributed by atoms with Crippen molar-refractivity contribution in [3.05, 3.63) is 0 Å². The zero-order valence-corrected chi connectivity index (χ0v) is 12.7. The lowest BCUT2D eigenvalue weighted by atomic mass is 9.82. The van der Waals surface area contributed by atoms with E-state index in [1.54, 1.807) is 11.8 Å². The van der Waals surface area contributed by atoms with Crippen LogP contribution in [0.25, 0.3) is 0 Å². The Bertz CT molecular complexity index is 451. The van der Waals surface area contributed by atoms with Crippen molar-refractivity contribution in [2.75, 3.05) is 19.6 Å². The molecular weight excluding hydrogens is 272 g/mol. The summed E-state index contributed by atoms with van der Waals surface area (Å²) < 4.78 is 0. The Morgan fingerprint density at radius 1 is 1.38 bits per heavy atom. The summed E-state index contributed by atoms with van der Waals surface area (Å²) in [6.45, 7) is 4.92. The molecule has 2 rings (SSSR count). The molecular formula is C15H24N2O4. The van der Waals surface area contributed by atoms with Crippen molar-refractivity contribution in [3.8, 4) is 0 Å². The van der Waals surface area contributed by atoms with Gasteiger partial charge in [-0.05, 0) is 32.1 Å². The third kappa shape index (κ3) is 3.74. The minimum Gasteiger partial charge on any atom is -0.481 e. The standard InChI is InChI=1S/C15H24N2O4/c1-10-8-11(10)13(19)16-6-4-12(18)17-7-3-5-15(2,9-17)14(20)21/h10-11H,3-9H2,1-2H3,(H,16,19)(H,20,21). The van der Waals surface area contributed by atoms with Crippen LogP contribution >= 0.6 is 0 Å². The third-order valence-corrected chi connectivity index (χ3v) is 4.65. The molecule has 0 aromatic rings. The van der Waals surface area contributed by atoms with Crippen LogP contribution in [0.1, 0.15) is 39.5 Å². The largest absolute Gasteiger partial charge is 0.481 e. The van der Waals surface area contributed by atoms with Gasteiger partial charge in [-0.2, -0.15) is 0 Å². The molecule has 0 spiro atoms. The van der Waals surface area contributed by atoms with Crippen molar-refractivity contribution in [3.63, 3.8) is 0 Å². The Balaban J connectivity index is 1.75. The molecule has 0 radical (unpaired) electrons. The third-order valence-electron chi connectivity index (χ3n) is 4.65. The summed E-state index contributed by atoms with van der Waals surface area (Å²) in [5, 5.41) is 12.0. The Labute approximate surface area is 124 Å². The van der Waals surface area contributed by atoms with Gasteiger partial charge in [-0.15, -0.1) is 0 Å². The van der Waals surface area contributed by atoms with E-state index in [0.29, 0.717) is 31.8 Å². The van der Waals surface area contributed by atoms with E-state index in [4.69, 9.17) is 0 Å². The number of carboxylic acid groups (broad SMARTS) is 1. The number of likely N-dealkylation sites (tertiary alicyclic amines) is 1. The molecule has 21 heavy (non-hydrogen) atoms. The summed E-state index contributed by atoms with van der Waals surface area (Å²) >= 11 is 0. The smallest absolute Gasteiger partial charge is 0.311 e. The zero-order valence-electron chi connectivity index (χ0n) is 12.7. The highest BCUT2D eigenvalue weighted by Gasteiger charge is 2.40. The summed E-state index contributed by atoms with van der Waals surface area (Å²) in [6.07, 6.45) is 2.48. The van der Waals surface area contributed by atoms with E-state index >= 15 is 0 Å². The molecule has 2 N–H and O–H groups in total. The normalized spacial score (nSPS) is 31.6. The average Bonchev–Trinajstić information content (AvgIpc) is 3.15. The van der Waals surface area contributed by atoms with Gasteiger partial charge in [0.1, 0.15) is 0 Å². The lowest BCUT2D eigenvalue weighted by Crippen LogP contribution is -2.48. The molecule has 118 valence electrons. The first-order chi connectivity index (χ1) is 9.83. The van der Waals surface area contributed by atoms with Gasteiger partial charge in [0, 0.05) is 32.0 Å². The number of carbonyl (C=O) groups excluding carboxylic acids is 2. The van der Waals surface area contributed by atoms with Gasteiger partial charge in [0.05, 0.1) is 5.41 Å². The van der Waals surface area contributed by atoms with Gasteiger partial charge in [0.25, 0.3) is 0 Å². The zero-order chi connectivity index (χ0) is 15.6. The molecule has 6 heteroatoms. The summed E-state index contributed by atoms with van der Waals surface area (Å²) in [5.41, 5.74) is -0.847. The first-order valence-electron chi connectivity index (χ1n) is 7.62. The van der Waals surface area contributed by atoms with Crippen LogP contribution in [0.3, 0.4) is 0 Å². The minimum atomic E-state index is -0.851. The van der Waals surface area contributed by atoms with E-state index in [1.165, 1.54) is 0 Å². The highest BCUT2D eigenvalue weighted by molar-refractivity contribution is 5.83. The lowest BCUT2D eigenvalue weighted by Gasteiger charge is -2.37. The lowest BCUT2D eigenvalue weighted by molar-refractivity contribution is -0.153. The van der Waals surface area contributed by atoms with Gasteiger partial charge in [0.15, 0.2) is 0 Å². The molecule has 2 aliphatic rings. The van der Waals surface area contributed by atoms with Crippen LogP contribution in [0, 0.1) is 17.3 Å². The number of amides is 2. The van der Waals surface area contributed by atoms with Crippen LogP contribution in [-0.4, -0.2) is 47.4 Å². The van der Waals surface area contributed by atoms with Crippen molar-refractivity contribution >= 4 is 17.8 Å². The average molecular weight is 296 g/mol. The summed E-state index contributed by atoms with van der Waals surface area (Å²) in [4.78, 5) is 36.7. The van der Waals surface area contributed by atoms with Crippen LogP contribution in [0.5, 0.6) is 0 Å². The number of hydrogen-bond donors (Lipinski definition) is 2. The van der Waals surface area contributed by atoms with Crippen molar-refractivity contribution in [1.82, 2.24) is 10.2 Å². The van der Waals surface area contributed by atoms with Gasteiger partial charge in [-0.1, -0.05) is 6.92 Å². The topological polar surface area (TPSA) is 86.7 Å². The van der Waals surface area contributed by atoms with Crippen LogP contribution in [-0.2, 0) is 14.4 Å². The number of carboxylic acids is 1. The van der Waals surface area contributed by atoms with Crippen molar-refractivity contribution < 1.29 is 19.5 Å². The fourth-order valence-corrected chi connectivity index (χ4v) is 2.90. The summed E-state index contributed by atoms with van der Waals surface area (Å²) in [5.74, 6) is -0.323. The van der Waals surface area contributed by atoms with Crippen LogP contribution in [0.15, 0.2) is 0 Å². The predicted molar refractivity (Wildman–Crippen MR) is 76.5 cm³/mol. The molecule has 6 nitrogen and oxygen atoms in total. The Kier molecular flexibility index (Phi) is 4.54. The highest BCUT2D eigenvalue weighted by Crippen LogP contribution is 2.37. The maximum absolute atomic E-state index is 12.1. The van der Waals surface area contributed by atoms with Crippen molar-refractivity contribution in [1.29, 1.82) is 0 Å². The van der Waals surface area contributed by atoms with Crippen LogP contribution < -0.4 is 5.32 Å². The van der Waals surface area contributed by atoms with E-state index in [1.807, 2.05) is 6.92 Å². The number of hydrogen-bond acceptors (Lipinski definition) is 3. The molecule has 3 atom stereocenters. The van der Waals surface area contributed by atoms with Gasteiger partial charge in [0.2, 0.25) is 11.8 Å². The first-order valence-corrected chi connectivity index (χ1v) is 7.62. The van der Waals surface area contributed by atoms with Crippen LogP contribution in [0.2, 0.25) is 0 Å². The second-order valence-electron chi connectivity index (χ2n) is 6.65. The molecule has 0 bridgehead atoms. The maximum atomic E-state index is 12.1. The molecule has 0 aromatic carbocycles. The number of aliphatic carboxylic acids is 1. The van der Waals surface area contributed by atoms with Crippen LogP contribution in [0.4, 0.5) is 0 Å². The Morgan fingerprint density at radius 3 is 2.62 bits per heavy atom. The van der Waals surface area contributed by atoms with Crippen molar-refractivity contribution in [2.45, 2.75) is 39.5 Å². The van der Waals surface area contributed by atoms with Gasteiger partial charge < -0.3 is 15.3 Å². The number of piperidine rings is 1. The van der Waals surface area contributed by atoms with Crippen molar-refractivity contribution in [2.24, 2.45) is 17.3 Å². The van der Waals surface area contributed by atoms with E-state index in [0.717, 1.165) is 6.42 Å². The first kappa shape index (κ1) is 15.8. The molecule has 0 aromatic heterocycles. The Hall–Kier alpha value is -1.59. The molecule has 1 aliphatic heterocycles. The maximum Gasteiger partial charge on any atom is 0.311 e. The fourth-order valence-electron chi connectivity index (χ4n) is 2.90. The fraction of sp³-hybridized carbons (Fsp3) is 0.800. The molecule has 1 aliphatic carbocycles. The number of rotatable bonds is 5. The molecule has 1 saturated heterocycles. The number of nitrogens with zero attached hydrogens (tertiary/aromatic N) is 1.